The van der Waals surface area contributed by atoms with E-state index in [0.29, 0.717) is 24.5 Å². The zero-order valence-corrected chi connectivity index (χ0v) is 16.7. The fourth-order valence-electron chi connectivity index (χ4n) is 3.03. The number of likely N-dealkylation sites (N-methyl/N-ethyl adjacent to an activating group) is 1. The second-order valence-corrected chi connectivity index (χ2v) is 6.86. The van der Waals surface area contributed by atoms with E-state index in [1.54, 1.807) is 30.1 Å². The first-order valence-corrected chi connectivity index (χ1v) is 9.42. The van der Waals surface area contributed by atoms with Crippen LogP contribution in [-0.2, 0) is 29.1 Å². The van der Waals surface area contributed by atoms with Gasteiger partial charge in [-0.2, -0.15) is 18.3 Å². The number of pyridine rings is 2. The zero-order chi connectivity index (χ0) is 21.7. The minimum atomic E-state index is -4.36. The van der Waals surface area contributed by atoms with E-state index < -0.39 is 12.8 Å². The van der Waals surface area contributed by atoms with Gasteiger partial charge in [0.05, 0.1) is 36.5 Å². The molecule has 3 heterocycles. The Morgan fingerprint density at radius 1 is 1.27 bits per heavy atom. The molecule has 0 bridgehead atoms. The fourth-order valence-corrected chi connectivity index (χ4v) is 3.03. The van der Waals surface area contributed by atoms with Crippen molar-refractivity contribution < 1.29 is 22.7 Å². The van der Waals surface area contributed by atoms with E-state index in [4.69, 9.17) is 0 Å². The van der Waals surface area contributed by atoms with E-state index in [1.807, 2.05) is 19.2 Å². The molecular formula is C20H22F3N5O2. The maximum Gasteiger partial charge on any atom is 0.411 e. The third-order valence-electron chi connectivity index (χ3n) is 4.36. The van der Waals surface area contributed by atoms with Crippen molar-refractivity contribution in [2.45, 2.75) is 39.6 Å². The third kappa shape index (κ3) is 5.76. The van der Waals surface area contributed by atoms with Crippen molar-refractivity contribution in [2.24, 2.45) is 0 Å². The van der Waals surface area contributed by atoms with Crippen LogP contribution < -0.4 is 5.32 Å². The molecule has 0 aromatic carbocycles. The summed E-state index contributed by atoms with van der Waals surface area (Å²) in [7, 11) is 0. The number of ether oxygens (including phenoxy) is 1. The lowest BCUT2D eigenvalue weighted by molar-refractivity contribution is -0.176. The normalized spacial score (nSPS) is 11.8. The van der Waals surface area contributed by atoms with Gasteiger partial charge in [0.15, 0.2) is 0 Å². The Hall–Kier alpha value is -3.01. The number of nitrogens with one attached hydrogen (secondary N) is 1. The van der Waals surface area contributed by atoms with Crippen molar-refractivity contribution in [3.05, 3.63) is 53.2 Å². The quantitative estimate of drug-likeness (QED) is 0.605. The van der Waals surface area contributed by atoms with E-state index >= 15 is 0 Å². The minimum Gasteiger partial charge on any atom is -0.366 e. The van der Waals surface area contributed by atoms with Gasteiger partial charge in [-0.05, 0) is 31.0 Å². The molecule has 0 atom stereocenters. The van der Waals surface area contributed by atoms with Gasteiger partial charge in [0.2, 0.25) is 5.91 Å². The highest BCUT2D eigenvalue weighted by Gasteiger charge is 2.27. The molecule has 0 radical (unpaired) electrons. The number of halogens is 3. The molecule has 10 heteroatoms. The number of hydrogen-bond donors (Lipinski definition) is 1. The number of fused-ring (bicyclic) bond motifs is 1. The number of rotatable bonds is 8. The molecule has 3 rings (SSSR count). The number of aromatic nitrogens is 4. The number of amides is 1. The zero-order valence-electron chi connectivity index (χ0n) is 16.7. The first kappa shape index (κ1) is 21.7. The van der Waals surface area contributed by atoms with Gasteiger partial charge in [-0.1, -0.05) is 6.07 Å². The summed E-state index contributed by atoms with van der Waals surface area (Å²) in [6.45, 7) is 3.10. The molecule has 0 fully saturated rings. The average molecular weight is 421 g/mol. The van der Waals surface area contributed by atoms with Gasteiger partial charge < -0.3 is 10.1 Å². The Morgan fingerprint density at radius 2 is 2.07 bits per heavy atom. The number of alkyl halides is 3. The van der Waals surface area contributed by atoms with Gasteiger partial charge in [-0.3, -0.25) is 19.4 Å². The smallest absolute Gasteiger partial charge is 0.366 e. The van der Waals surface area contributed by atoms with Crippen LogP contribution in [0.5, 0.6) is 0 Å². The van der Waals surface area contributed by atoms with E-state index in [2.05, 4.69) is 25.1 Å². The maximum absolute atomic E-state index is 12.2. The Kier molecular flexibility index (Phi) is 6.66. The van der Waals surface area contributed by atoms with E-state index in [1.165, 1.54) is 0 Å². The van der Waals surface area contributed by atoms with Crippen LogP contribution in [0.3, 0.4) is 0 Å². The van der Waals surface area contributed by atoms with E-state index in [-0.39, 0.29) is 18.9 Å². The summed E-state index contributed by atoms with van der Waals surface area (Å²) in [5.41, 5.74) is 3.42. The predicted molar refractivity (Wildman–Crippen MR) is 104 cm³/mol. The molecule has 7 nitrogen and oxygen atoms in total. The Labute approximate surface area is 171 Å². The lowest BCUT2D eigenvalue weighted by atomic mass is 10.1. The van der Waals surface area contributed by atoms with Crippen molar-refractivity contribution in [2.75, 3.05) is 13.2 Å². The van der Waals surface area contributed by atoms with Gasteiger partial charge in [0.1, 0.15) is 6.61 Å². The monoisotopic (exact) mass is 421 g/mol. The first-order valence-electron chi connectivity index (χ1n) is 9.42. The second-order valence-electron chi connectivity index (χ2n) is 6.86. The number of aryl methyl sites for hydroxylation is 1. The largest absolute Gasteiger partial charge is 0.411 e. The predicted octanol–water partition coefficient (Wildman–Crippen LogP) is 2.94. The Balaban J connectivity index is 1.71. The fraction of sp³-hybridized carbons (Fsp3) is 0.400. The van der Waals surface area contributed by atoms with Crippen LogP contribution >= 0.6 is 0 Å². The SMILES string of the molecule is CCNC(=O)Cc1nccc2nn(Cc3cnc(COCC(F)(F)F)c(C)c3)cc12. The number of hydrogen-bond acceptors (Lipinski definition) is 5. The van der Waals surface area contributed by atoms with Crippen LogP contribution in [0.4, 0.5) is 13.2 Å². The summed E-state index contributed by atoms with van der Waals surface area (Å²) in [6, 6.07) is 3.62. The minimum absolute atomic E-state index is 0.103. The molecule has 0 aliphatic rings. The van der Waals surface area contributed by atoms with E-state index in [0.717, 1.165) is 22.0 Å². The van der Waals surface area contributed by atoms with Crippen LogP contribution in [0.1, 0.15) is 29.4 Å². The number of carbonyl (C=O) groups is 1. The molecule has 0 saturated heterocycles. The van der Waals surface area contributed by atoms with E-state index in [9.17, 15) is 18.0 Å². The summed E-state index contributed by atoms with van der Waals surface area (Å²) in [4.78, 5) is 20.4. The summed E-state index contributed by atoms with van der Waals surface area (Å²) in [5.74, 6) is -0.103. The van der Waals surface area contributed by atoms with Crippen molar-refractivity contribution in [1.82, 2.24) is 25.1 Å². The van der Waals surface area contributed by atoms with Gasteiger partial charge in [-0.25, -0.2) is 0 Å². The molecule has 160 valence electrons. The summed E-state index contributed by atoms with van der Waals surface area (Å²) >= 11 is 0. The standard InChI is InChI=1S/C20H22F3N5O2/c1-3-24-19(29)7-17-15-10-28(27-16(15)4-5-25-17)9-14-6-13(2)18(26-8-14)11-30-12-20(21,22)23/h4-6,8,10H,3,7,9,11-12H2,1-2H3,(H,24,29). The Bertz CT molecular complexity index is 1030. The van der Waals surface area contributed by atoms with Gasteiger partial charge >= 0.3 is 6.18 Å². The highest BCUT2D eigenvalue weighted by Crippen LogP contribution is 2.19. The molecular weight excluding hydrogens is 399 g/mol. The van der Waals surface area contributed by atoms with Crippen molar-refractivity contribution in [1.29, 1.82) is 0 Å². The summed E-state index contributed by atoms with van der Waals surface area (Å²) in [6.07, 6.45) is 0.854. The molecule has 0 saturated carbocycles. The molecule has 30 heavy (non-hydrogen) atoms. The molecule has 1 N–H and O–H groups in total. The number of carbonyl (C=O) groups excluding carboxylic acids is 1. The van der Waals surface area contributed by atoms with Crippen LogP contribution in [0.15, 0.2) is 30.7 Å². The average Bonchev–Trinajstić information content (AvgIpc) is 3.06. The van der Waals surface area contributed by atoms with Crippen LogP contribution in [0.25, 0.3) is 10.9 Å². The molecule has 3 aromatic rings. The van der Waals surface area contributed by atoms with Crippen molar-refractivity contribution in [3.63, 3.8) is 0 Å². The first-order chi connectivity index (χ1) is 14.2. The molecule has 0 spiro atoms. The van der Waals surface area contributed by atoms with Crippen LogP contribution in [0.2, 0.25) is 0 Å². The topological polar surface area (TPSA) is 81.9 Å². The highest BCUT2D eigenvalue weighted by molar-refractivity contribution is 5.86. The van der Waals surface area contributed by atoms with Crippen molar-refractivity contribution in [3.8, 4) is 0 Å². The lowest BCUT2D eigenvalue weighted by Crippen LogP contribution is -2.24. The number of nitrogens with zero attached hydrogens (tertiary/aromatic N) is 4. The maximum atomic E-state index is 12.2. The molecule has 0 unspecified atom stereocenters. The highest BCUT2D eigenvalue weighted by atomic mass is 19.4. The molecule has 1 amide bonds. The van der Waals surface area contributed by atoms with Gasteiger partial charge in [0, 0.05) is 30.5 Å². The Morgan fingerprint density at radius 3 is 2.77 bits per heavy atom. The summed E-state index contributed by atoms with van der Waals surface area (Å²) < 4.78 is 43.0. The van der Waals surface area contributed by atoms with Crippen molar-refractivity contribution >= 4 is 16.8 Å². The summed E-state index contributed by atoms with van der Waals surface area (Å²) in [5, 5.41) is 8.07. The van der Waals surface area contributed by atoms with Crippen LogP contribution in [0, 0.1) is 6.92 Å². The lowest BCUT2D eigenvalue weighted by Gasteiger charge is -2.10. The van der Waals surface area contributed by atoms with Gasteiger partial charge in [-0.15, -0.1) is 0 Å². The van der Waals surface area contributed by atoms with Crippen LogP contribution in [-0.4, -0.2) is 45.0 Å². The molecule has 0 aliphatic heterocycles. The second kappa shape index (κ2) is 9.21. The molecule has 3 aromatic heterocycles. The molecule has 0 aliphatic carbocycles. The third-order valence-corrected chi connectivity index (χ3v) is 4.36. The van der Waals surface area contributed by atoms with Gasteiger partial charge in [0.25, 0.3) is 0 Å².